The van der Waals surface area contributed by atoms with Crippen molar-refractivity contribution in [1.29, 1.82) is 0 Å². The molecule has 0 aromatic carbocycles. The summed E-state index contributed by atoms with van der Waals surface area (Å²) >= 11 is 0. The monoisotopic (exact) mass is 185 g/mol. The van der Waals surface area contributed by atoms with Crippen molar-refractivity contribution in [3.8, 4) is 0 Å². The summed E-state index contributed by atoms with van der Waals surface area (Å²) in [5.41, 5.74) is 5.91. The zero-order valence-electron chi connectivity index (χ0n) is 8.42. The Hall–Kier alpha value is -0.610. The fraction of sp³-hybridized carbons (Fsp3) is 0.889. The average molecular weight is 185 g/mol. The van der Waals surface area contributed by atoms with E-state index >= 15 is 0 Å². The Kier molecular flexibility index (Phi) is 3.69. The second kappa shape index (κ2) is 4.58. The first-order chi connectivity index (χ1) is 6.13. The third-order valence-corrected chi connectivity index (χ3v) is 2.75. The number of hydrogen-bond donors (Lipinski definition) is 2. The Morgan fingerprint density at radius 3 is 2.92 bits per heavy atom. The number of rotatable bonds is 2. The molecule has 4 heteroatoms. The van der Waals surface area contributed by atoms with Gasteiger partial charge in [-0.25, -0.2) is 0 Å². The summed E-state index contributed by atoms with van der Waals surface area (Å²) in [6, 6.07) is 0.221. The number of piperidine rings is 1. The third kappa shape index (κ3) is 2.97. The summed E-state index contributed by atoms with van der Waals surface area (Å²) in [5.74, 6) is 0.655. The van der Waals surface area contributed by atoms with Gasteiger partial charge in [-0.1, -0.05) is 6.92 Å². The SMILES string of the molecule is CNC(=O)CN1CCC(C)C(N)C1. The molecule has 1 rings (SSSR count). The lowest BCUT2D eigenvalue weighted by Crippen LogP contribution is -2.50. The molecule has 1 aliphatic rings. The minimum atomic E-state index is 0.0711. The first-order valence-corrected chi connectivity index (χ1v) is 4.82. The Morgan fingerprint density at radius 1 is 1.69 bits per heavy atom. The molecule has 3 N–H and O–H groups in total. The molecule has 1 fully saturated rings. The maximum absolute atomic E-state index is 11.1. The molecule has 1 amide bonds. The Morgan fingerprint density at radius 2 is 2.38 bits per heavy atom. The number of carbonyl (C=O) groups is 1. The minimum absolute atomic E-state index is 0.0711. The number of amides is 1. The zero-order chi connectivity index (χ0) is 9.84. The van der Waals surface area contributed by atoms with Crippen LogP contribution in [0.1, 0.15) is 13.3 Å². The van der Waals surface area contributed by atoms with E-state index in [0.717, 1.165) is 19.5 Å². The van der Waals surface area contributed by atoms with Gasteiger partial charge in [-0.15, -0.1) is 0 Å². The van der Waals surface area contributed by atoms with Crippen molar-refractivity contribution in [2.75, 3.05) is 26.7 Å². The Bertz CT molecular complexity index is 184. The fourth-order valence-corrected chi connectivity index (χ4v) is 1.60. The van der Waals surface area contributed by atoms with Crippen LogP contribution in [0.15, 0.2) is 0 Å². The van der Waals surface area contributed by atoms with Crippen LogP contribution in [0.5, 0.6) is 0 Å². The molecule has 1 saturated heterocycles. The first kappa shape index (κ1) is 10.5. The van der Waals surface area contributed by atoms with Crippen molar-refractivity contribution in [1.82, 2.24) is 10.2 Å². The molecule has 0 aliphatic carbocycles. The predicted molar refractivity (Wildman–Crippen MR) is 52.3 cm³/mol. The Balaban J connectivity index is 2.33. The second-order valence-electron chi connectivity index (χ2n) is 3.84. The van der Waals surface area contributed by atoms with Crippen LogP contribution in [0.4, 0.5) is 0 Å². The minimum Gasteiger partial charge on any atom is -0.358 e. The summed E-state index contributed by atoms with van der Waals surface area (Å²) in [4.78, 5) is 13.2. The summed E-state index contributed by atoms with van der Waals surface area (Å²) < 4.78 is 0. The number of nitrogens with two attached hydrogens (primary N) is 1. The first-order valence-electron chi connectivity index (χ1n) is 4.82. The molecule has 0 aromatic heterocycles. The van der Waals surface area contributed by atoms with Gasteiger partial charge in [0.1, 0.15) is 0 Å². The van der Waals surface area contributed by atoms with Crippen LogP contribution >= 0.6 is 0 Å². The van der Waals surface area contributed by atoms with Crippen LogP contribution in [0.3, 0.4) is 0 Å². The van der Waals surface area contributed by atoms with Gasteiger partial charge in [0.05, 0.1) is 6.54 Å². The van der Waals surface area contributed by atoms with Gasteiger partial charge in [0.15, 0.2) is 0 Å². The standard InChI is InChI=1S/C9H19N3O/c1-7-3-4-12(5-8(7)10)6-9(13)11-2/h7-8H,3-6,10H2,1-2H3,(H,11,13). The van der Waals surface area contributed by atoms with Gasteiger partial charge in [0.25, 0.3) is 0 Å². The molecular formula is C9H19N3O. The number of likely N-dealkylation sites (N-methyl/N-ethyl adjacent to an activating group) is 1. The highest BCUT2D eigenvalue weighted by Crippen LogP contribution is 2.14. The maximum atomic E-state index is 11.1. The molecule has 0 bridgehead atoms. The zero-order valence-corrected chi connectivity index (χ0v) is 8.42. The normalized spacial score (nSPS) is 30.1. The number of hydrogen-bond acceptors (Lipinski definition) is 3. The van der Waals surface area contributed by atoms with E-state index in [0.29, 0.717) is 12.5 Å². The largest absolute Gasteiger partial charge is 0.358 e. The molecule has 13 heavy (non-hydrogen) atoms. The van der Waals surface area contributed by atoms with Crippen molar-refractivity contribution in [3.05, 3.63) is 0 Å². The number of nitrogens with one attached hydrogen (secondary N) is 1. The average Bonchev–Trinajstić information content (AvgIpc) is 2.11. The van der Waals surface area contributed by atoms with E-state index in [2.05, 4.69) is 17.1 Å². The summed E-state index contributed by atoms with van der Waals surface area (Å²) in [5, 5.41) is 2.62. The summed E-state index contributed by atoms with van der Waals surface area (Å²) in [7, 11) is 1.66. The lowest BCUT2D eigenvalue weighted by atomic mass is 9.94. The van der Waals surface area contributed by atoms with Gasteiger partial charge in [0, 0.05) is 19.6 Å². The molecule has 1 aliphatic heterocycles. The van der Waals surface area contributed by atoms with Gasteiger partial charge < -0.3 is 11.1 Å². The highest BCUT2D eigenvalue weighted by atomic mass is 16.1. The molecule has 0 radical (unpaired) electrons. The van der Waals surface area contributed by atoms with Gasteiger partial charge in [-0.3, -0.25) is 9.69 Å². The van der Waals surface area contributed by atoms with E-state index in [1.807, 2.05) is 0 Å². The van der Waals surface area contributed by atoms with Crippen molar-refractivity contribution >= 4 is 5.91 Å². The molecule has 0 spiro atoms. The van der Waals surface area contributed by atoms with Gasteiger partial charge >= 0.3 is 0 Å². The van der Waals surface area contributed by atoms with E-state index in [9.17, 15) is 4.79 Å². The van der Waals surface area contributed by atoms with E-state index in [1.165, 1.54) is 0 Å². The van der Waals surface area contributed by atoms with Crippen molar-refractivity contribution in [2.45, 2.75) is 19.4 Å². The van der Waals surface area contributed by atoms with E-state index in [4.69, 9.17) is 5.73 Å². The van der Waals surface area contributed by atoms with Crippen LogP contribution < -0.4 is 11.1 Å². The van der Waals surface area contributed by atoms with Crippen LogP contribution in [0.2, 0.25) is 0 Å². The van der Waals surface area contributed by atoms with Crippen molar-refractivity contribution in [2.24, 2.45) is 11.7 Å². The Labute approximate surface area is 79.5 Å². The second-order valence-corrected chi connectivity index (χ2v) is 3.84. The van der Waals surface area contributed by atoms with Crippen LogP contribution in [-0.2, 0) is 4.79 Å². The molecule has 2 unspecified atom stereocenters. The van der Waals surface area contributed by atoms with Gasteiger partial charge in [-0.05, 0) is 18.9 Å². The topological polar surface area (TPSA) is 58.4 Å². The van der Waals surface area contributed by atoms with Gasteiger partial charge in [0.2, 0.25) is 5.91 Å². The molecule has 76 valence electrons. The van der Waals surface area contributed by atoms with E-state index < -0.39 is 0 Å². The molecular weight excluding hydrogens is 166 g/mol. The molecule has 2 atom stereocenters. The van der Waals surface area contributed by atoms with Crippen LogP contribution in [-0.4, -0.2) is 43.5 Å². The fourth-order valence-electron chi connectivity index (χ4n) is 1.60. The summed E-state index contributed by atoms with van der Waals surface area (Å²) in [6.45, 7) is 4.48. The lowest BCUT2D eigenvalue weighted by Gasteiger charge is -2.34. The number of likely N-dealkylation sites (tertiary alicyclic amines) is 1. The third-order valence-electron chi connectivity index (χ3n) is 2.75. The number of carbonyl (C=O) groups excluding carboxylic acids is 1. The highest BCUT2D eigenvalue weighted by Gasteiger charge is 2.23. The summed E-state index contributed by atoms with van der Waals surface area (Å²) in [6.07, 6.45) is 1.10. The van der Waals surface area contributed by atoms with Crippen molar-refractivity contribution < 1.29 is 4.79 Å². The highest BCUT2D eigenvalue weighted by molar-refractivity contribution is 5.77. The molecule has 0 aromatic rings. The quantitative estimate of drug-likeness (QED) is 0.604. The van der Waals surface area contributed by atoms with E-state index in [-0.39, 0.29) is 11.9 Å². The van der Waals surface area contributed by atoms with Crippen LogP contribution in [0.25, 0.3) is 0 Å². The van der Waals surface area contributed by atoms with Crippen molar-refractivity contribution in [3.63, 3.8) is 0 Å². The maximum Gasteiger partial charge on any atom is 0.233 e. The van der Waals surface area contributed by atoms with E-state index in [1.54, 1.807) is 7.05 Å². The lowest BCUT2D eigenvalue weighted by molar-refractivity contribution is -0.122. The van der Waals surface area contributed by atoms with Crippen LogP contribution in [0, 0.1) is 5.92 Å². The number of nitrogens with zero attached hydrogens (tertiary/aromatic N) is 1. The smallest absolute Gasteiger partial charge is 0.233 e. The molecule has 1 heterocycles. The molecule has 0 saturated carbocycles. The van der Waals surface area contributed by atoms with Gasteiger partial charge in [-0.2, -0.15) is 0 Å². The molecule has 4 nitrogen and oxygen atoms in total. The predicted octanol–water partition coefficient (Wildman–Crippen LogP) is -0.598.